The van der Waals surface area contributed by atoms with Crippen LogP contribution in [0.15, 0.2) is 16.6 Å². The fraction of sp³-hybridized carbons (Fsp3) is 0.538. The van der Waals surface area contributed by atoms with Crippen LogP contribution in [-0.4, -0.2) is 11.5 Å². The zero-order valence-electron chi connectivity index (χ0n) is 10.7. The second-order valence-electron chi connectivity index (χ2n) is 5.41. The summed E-state index contributed by atoms with van der Waals surface area (Å²) in [5.41, 5.74) is 0.322. The van der Waals surface area contributed by atoms with Crippen LogP contribution < -0.4 is 5.32 Å². The van der Waals surface area contributed by atoms with Gasteiger partial charge < -0.3 is 5.32 Å². The third kappa shape index (κ3) is 3.23. The van der Waals surface area contributed by atoms with Crippen molar-refractivity contribution in [3.8, 4) is 0 Å². The first kappa shape index (κ1) is 14.2. The summed E-state index contributed by atoms with van der Waals surface area (Å²) in [5, 5.41) is 14.1. The highest BCUT2D eigenvalue weighted by Gasteiger charge is 2.29. The summed E-state index contributed by atoms with van der Waals surface area (Å²) in [7, 11) is 0. The first-order chi connectivity index (χ1) is 8.91. The summed E-state index contributed by atoms with van der Waals surface area (Å²) in [5.74, 6) is -0.621. The number of halogens is 2. The molecule has 0 bridgehead atoms. The van der Waals surface area contributed by atoms with Gasteiger partial charge in [0.2, 0.25) is 0 Å². The number of rotatable bonds is 4. The third-order valence-electron chi connectivity index (χ3n) is 3.75. The molecule has 1 fully saturated rings. The second kappa shape index (κ2) is 5.45. The maximum absolute atomic E-state index is 13.4. The number of hydrogen-bond acceptors (Lipinski definition) is 3. The van der Waals surface area contributed by atoms with Gasteiger partial charge in [0.1, 0.15) is 11.5 Å². The van der Waals surface area contributed by atoms with Gasteiger partial charge in [-0.3, -0.25) is 10.1 Å². The summed E-state index contributed by atoms with van der Waals surface area (Å²) >= 11 is 3.06. The van der Waals surface area contributed by atoms with Crippen LogP contribution in [0.5, 0.6) is 0 Å². The Hall–Kier alpha value is -1.17. The van der Waals surface area contributed by atoms with Gasteiger partial charge in [-0.05, 0) is 40.3 Å². The van der Waals surface area contributed by atoms with E-state index in [2.05, 4.69) is 28.2 Å². The summed E-state index contributed by atoms with van der Waals surface area (Å²) in [4.78, 5) is 10.4. The van der Waals surface area contributed by atoms with Crippen LogP contribution in [0.3, 0.4) is 0 Å². The second-order valence-corrected chi connectivity index (χ2v) is 6.27. The van der Waals surface area contributed by atoms with Crippen LogP contribution in [0.1, 0.15) is 32.6 Å². The molecular weight excluding hydrogens is 315 g/mol. The number of anilines is 1. The average molecular weight is 331 g/mol. The molecule has 1 aliphatic carbocycles. The smallest absolute Gasteiger partial charge is 0.295 e. The zero-order chi connectivity index (χ0) is 14.0. The fourth-order valence-corrected chi connectivity index (χ4v) is 2.89. The van der Waals surface area contributed by atoms with Crippen LogP contribution in [0, 0.1) is 21.3 Å². The molecule has 0 aliphatic heterocycles. The molecule has 0 unspecified atom stereocenters. The molecule has 0 heterocycles. The van der Waals surface area contributed by atoms with Crippen LogP contribution >= 0.6 is 15.9 Å². The minimum absolute atomic E-state index is 0.175. The lowest BCUT2D eigenvalue weighted by atomic mass is 9.89. The highest BCUT2D eigenvalue weighted by molar-refractivity contribution is 9.10. The minimum Gasteiger partial charge on any atom is -0.379 e. The van der Waals surface area contributed by atoms with Crippen LogP contribution in [-0.2, 0) is 0 Å². The SMILES string of the molecule is CC1(CNc2cc(Br)c(F)cc2[N+](=O)[O-])CCCC1. The largest absolute Gasteiger partial charge is 0.379 e. The standard InChI is InChI=1S/C13H16BrFN2O2/c1-13(4-2-3-5-13)8-16-11-6-9(14)10(15)7-12(11)17(18)19/h6-7,16H,2-5,8H2,1H3. The van der Waals surface area contributed by atoms with Gasteiger partial charge in [0.25, 0.3) is 5.69 Å². The fourth-order valence-electron chi connectivity index (χ4n) is 2.54. The van der Waals surface area contributed by atoms with Gasteiger partial charge in [-0.25, -0.2) is 4.39 Å². The van der Waals surface area contributed by atoms with Gasteiger partial charge in [-0.2, -0.15) is 0 Å². The Morgan fingerprint density at radius 1 is 1.47 bits per heavy atom. The predicted molar refractivity (Wildman–Crippen MR) is 75.8 cm³/mol. The Balaban J connectivity index is 2.19. The molecule has 0 saturated heterocycles. The van der Waals surface area contributed by atoms with Gasteiger partial charge in [0.15, 0.2) is 0 Å². The van der Waals surface area contributed by atoms with Crippen LogP contribution in [0.2, 0.25) is 0 Å². The van der Waals surface area contributed by atoms with Gasteiger partial charge in [-0.15, -0.1) is 0 Å². The molecule has 0 spiro atoms. The van der Waals surface area contributed by atoms with Crippen molar-refractivity contribution >= 4 is 27.3 Å². The summed E-state index contributed by atoms with van der Waals surface area (Å²) in [6.07, 6.45) is 4.65. The molecule has 6 heteroatoms. The molecule has 1 saturated carbocycles. The number of benzene rings is 1. The van der Waals surface area contributed by atoms with Gasteiger partial charge in [0, 0.05) is 6.54 Å². The van der Waals surface area contributed by atoms with Gasteiger partial charge >= 0.3 is 0 Å². The van der Waals surface area contributed by atoms with Crippen molar-refractivity contribution in [3.05, 3.63) is 32.5 Å². The molecule has 0 atom stereocenters. The molecule has 0 radical (unpaired) electrons. The number of nitro groups is 1. The lowest BCUT2D eigenvalue weighted by Crippen LogP contribution is -2.23. The van der Waals surface area contributed by atoms with E-state index in [-0.39, 0.29) is 15.6 Å². The van der Waals surface area contributed by atoms with E-state index < -0.39 is 10.7 Å². The van der Waals surface area contributed by atoms with E-state index in [1.165, 1.54) is 18.9 Å². The zero-order valence-corrected chi connectivity index (χ0v) is 12.3. The normalized spacial score (nSPS) is 17.4. The van der Waals surface area contributed by atoms with Crippen molar-refractivity contribution in [2.24, 2.45) is 5.41 Å². The topological polar surface area (TPSA) is 55.2 Å². The molecule has 4 nitrogen and oxygen atoms in total. The Labute approximate surface area is 119 Å². The molecule has 1 aliphatic rings. The molecule has 2 rings (SSSR count). The lowest BCUT2D eigenvalue weighted by molar-refractivity contribution is -0.384. The molecule has 19 heavy (non-hydrogen) atoms. The van der Waals surface area contributed by atoms with E-state index in [0.29, 0.717) is 12.2 Å². The van der Waals surface area contributed by atoms with E-state index >= 15 is 0 Å². The molecule has 104 valence electrons. The highest BCUT2D eigenvalue weighted by atomic mass is 79.9. The van der Waals surface area contributed by atoms with E-state index in [0.717, 1.165) is 18.9 Å². The van der Waals surface area contributed by atoms with Crippen molar-refractivity contribution in [2.45, 2.75) is 32.6 Å². The van der Waals surface area contributed by atoms with Crippen molar-refractivity contribution in [1.29, 1.82) is 0 Å². The third-order valence-corrected chi connectivity index (χ3v) is 4.36. The Kier molecular flexibility index (Phi) is 4.08. The number of nitrogens with one attached hydrogen (secondary N) is 1. The molecule has 1 N–H and O–H groups in total. The van der Waals surface area contributed by atoms with Crippen molar-refractivity contribution in [2.75, 3.05) is 11.9 Å². The number of hydrogen-bond donors (Lipinski definition) is 1. The molecule has 0 amide bonds. The van der Waals surface area contributed by atoms with Crippen LogP contribution in [0.25, 0.3) is 0 Å². The summed E-state index contributed by atoms with van der Waals surface area (Å²) in [6, 6.07) is 2.38. The maximum atomic E-state index is 13.4. The average Bonchev–Trinajstić information content (AvgIpc) is 2.77. The van der Waals surface area contributed by atoms with E-state index in [4.69, 9.17) is 0 Å². The van der Waals surface area contributed by atoms with E-state index in [9.17, 15) is 14.5 Å². The number of nitrogens with zero attached hydrogens (tertiary/aromatic N) is 1. The molecule has 1 aromatic carbocycles. The Morgan fingerprint density at radius 3 is 2.68 bits per heavy atom. The summed E-state index contributed by atoms with van der Waals surface area (Å²) < 4.78 is 13.6. The van der Waals surface area contributed by atoms with Crippen molar-refractivity contribution < 1.29 is 9.31 Å². The van der Waals surface area contributed by atoms with Gasteiger partial charge in [0.05, 0.1) is 15.5 Å². The maximum Gasteiger partial charge on any atom is 0.295 e. The Morgan fingerprint density at radius 2 is 2.11 bits per heavy atom. The lowest BCUT2D eigenvalue weighted by Gasteiger charge is -2.24. The molecule has 0 aromatic heterocycles. The quantitative estimate of drug-likeness (QED) is 0.653. The van der Waals surface area contributed by atoms with Crippen LogP contribution in [0.4, 0.5) is 15.8 Å². The Bertz CT molecular complexity index is 502. The molecule has 1 aromatic rings. The van der Waals surface area contributed by atoms with Gasteiger partial charge in [-0.1, -0.05) is 19.8 Å². The van der Waals surface area contributed by atoms with E-state index in [1.807, 2.05) is 0 Å². The van der Waals surface area contributed by atoms with E-state index in [1.54, 1.807) is 0 Å². The minimum atomic E-state index is -0.621. The number of nitro benzene ring substituents is 1. The first-order valence-corrected chi connectivity index (χ1v) is 7.08. The van der Waals surface area contributed by atoms with Crippen molar-refractivity contribution in [1.82, 2.24) is 0 Å². The monoisotopic (exact) mass is 330 g/mol. The van der Waals surface area contributed by atoms with Crippen molar-refractivity contribution in [3.63, 3.8) is 0 Å². The summed E-state index contributed by atoms with van der Waals surface area (Å²) in [6.45, 7) is 2.85. The first-order valence-electron chi connectivity index (χ1n) is 6.29. The molecular formula is C13H16BrFN2O2. The highest BCUT2D eigenvalue weighted by Crippen LogP contribution is 2.38. The predicted octanol–water partition coefficient (Wildman–Crippen LogP) is 4.49.